The molecule has 0 unspecified atom stereocenters. The third kappa shape index (κ3) is 3.80. The van der Waals surface area contributed by atoms with Gasteiger partial charge < -0.3 is 10.1 Å². The number of sulfonamides is 1. The fraction of sp³-hybridized carbons (Fsp3) is 0.667. The van der Waals surface area contributed by atoms with Crippen LogP contribution in [-0.2, 0) is 21.3 Å². The fourth-order valence-electron chi connectivity index (χ4n) is 2.01. The first-order valence-electron chi connectivity index (χ1n) is 6.62. The molecule has 1 fully saturated rings. The van der Waals surface area contributed by atoms with Gasteiger partial charge >= 0.3 is 0 Å². The molecule has 0 saturated carbocycles. The molecular formula is C12H19BrN2O3S2. The fourth-order valence-corrected chi connectivity index (χ4v) is 6.08. The van der Waals surface area contributed by atoms with Gasteiger partial charge in [-0.05, 0) is 35.0 Å². The molecule has 0 atom stereocenters. The summed E-state index contributed by atoms with van der Waals surface area (Å²) in [7, 11) is -3.43. The molecule has 8 heteroatoms. The van der Waals surface area contributed by atoms with Crippen molar-refractivity contribution in [2.75, 3.05) is 32.8 Å². The van der Waals surface area contributed by atoms with Gasteiger partial charge in [-0.3, -0.25) is 0 Å². The molecule has 0 spiro atoms. The van der Waals surface area contributed by atoms with Gasteiger partial charge in [-0.1, -0.05) is 6.92 Å². The van der Waals surface area contributed by atoms with Gasteiger partial charge in [0, 0.05) is 31.1 Å². The summed E-state index contributed by atoms with van der Waals surface area (Å²) in [5, 5.41) is 3.21. The van der Waals surface area contributed by atoms with Crippen LogP contribution in [0, 0.1) is 0 Å². The van der Waals surface area contributed by atoms with E-state index in [2.05, 4.69) is 21.2 Å². The van der Waals surface area contributed by atoms with E-state index >= 15 is 0 Å². The quantitative estimate of drug-likeness (QED) is 0.846. The number of nitrogens with one attached hydrogen (secondary N) is 1. The maximum atomic E-state index is 12.7. The van der Waals surface area contributed by atoms with E-state index in [-0.39, 0.29) is 0 Å². The lowest BCUT2D eigenvalue weighted by atomic mass is 10.4. The molecule has 1 aliphatic rings. The van der Waals surface area contributed by atoms with Crippen molar-refractivity contribution in [3.63, 3.8) is 0 Å². The van der Waals surface area contributed by atoms with Crippen LogP contribution in [0.2, 0.25) is 0 Å². The number of hydrogen-bond donors (Lipinski definition) is 1. The first-order valence-corrected chi connectivity index (χ1v) is 9.67. The van der Waals surface area contributed by atoms with Gasteiger partial charge in [0.25, 0.3) is 0 Å². The van der Waals surface area contributed by atoms with Crippen molar-refractivity contribution in [2.45, 2.75) is 24.8 Å². The smallest absolute Gasteiger partial charge is 0.245 e. The second kappa shape index (κ2) is 7.33. The normalized spacial score (nSPS) is 18.1. The minimum atomic E-state index is -3.43. The van der Waals surface area contributed by atoms with Crippen molar-refractivity contribution < 1.29 is 13.2 Å². The molecule has 1 aromatic rings. The Morgan fingerprint density at radius 1 is 1.45 bits per heavy atom. The lowest BCUT2D eigenvalue weighted by Gasteiger charge is -2.18. The van der Waals surface area contributed by atoms with Crippen LogP contribution >= 0.6 is 27.3 Å². The molecule has 0 aliphatic carbocycles. The average Bonchev–Trinajstić information content (AvgIpc) is 2.65. The highest BCUT2D eigenvalue weighted by molar-refractivity contribution is 9.11. The zero-order valence-electron chi connectivity index (χ0n) is 11.4. The Balaban J connectivity index is 2.21. The Morgan fingerprint density at radius 2 is 2.25 bits per heavy atom. The van der Waals surface area contributed by atoms with Crippen molar-refractivity contribution in [3.05, 3.63) is 14.7 Å². The van der Waals surface area contributed by atoms with Crippen molar-refractivity contribution in [3.8, 4) is 0 Å². The molecule has 0 aromatic carbocycles. The Morgan fingerprint density at radius 3 is 3.00 bits per heavy atom. The molecule has 20 heavy (non-hydrogen) atoms. The van der Waals surface area contributed by atoms with Crippen molar-refractivity contribution in [1.82, 2.24) is 9.62 Å². The van der Waals surface area contributed by atoms with Crippen LogP contribution in [0.1, 0.15) is 18.2 Å². The molecule has 5 nitrogen and oxygen atoms in total. The third-order valence-electron chi connectivity index (χ3n) is 3.05. The topological polar surface area (TPSA) is 58.6 Å². The zero-order valence-corrected chi connectivity index (χ0v) is 14.6. The summed E-state index contributed by atoms with van der Waals surface area (Å²) in [6.07, 6.45) is 0.741. The number of hydrogen-bond acceptors (Lipinski definition) is 5. The second-order valence-electron chi connectivity index (χ2n) is 4.50. The van der Waals surface area contributed by atoms with Crippen LogP contribution in [0.4, 0.5) is 0 Å². The summed E-state index contributed by atoms with van der Waals surface area (Å²) in [4.78, 5) is 1.39. The summed E-state index contributed by atoms with van der Waals surface area (Å²) < 4.78 is 32.9. The lowest BCUT2D eigenvalue weighted by molar-refractivity contribution is 0.148. The van der Waals surface area contributed by atoms with E-state index in [0.717, 1.165) is 17.8 Å². The molecule has 114 valence electrons. The van der Waals surface area contributed by atoms with Gasteiger partial charge in [-0.2, -0.15) is 4.31 Å². The Labute approximate surface area is 132 Å². The van der Waals surface area contributed by atoms with Crippen LogP contribution in [0.15, 0.2) is 14.7 Å². The maximum absolute atomic E-state index is 12.7. The zero-order chi connectivity index (χ0) is 14.6. The highest BCUT2D eigenvalue weighted by atomic mass is 79.9. The first kappa shape index (κ1) is 16.4. The predicted molar refractivity (Wildman–Crippen MR) is 83.6 cm³/mol. The molecular weight excluding hydrogens is 364 g/mol. The number of nitrogens with zero attached hydrogens (tertiary/aromatic N) is 1. The van der Waals surface area contributed by atoms with Crippen molar-refractivity contribution in [2.24, 2.45) is 0 Å². The van der Waals surface area contributed by atoms with Crippen LogP contribution < -0.4 is 5.32 Å². The molecule has 0 amide bonds. The summed E-state index contributed by atoms with van der Waals surface area (Å²) >= 11 is 4.85. The van der Waals surface area contributed by atoms with Gasteiger partial charge in [0.05, 0.1) is 10.4 Å². The van der Waals surface area contributed by atoms with E-state index in [1.165, 1.54) is 15.6 Å². The van der Waals surface area contributed by atoms with Crippen LogP contribution in [0.25, 0.3) is 0 Å². The number of thiophene rings is 1. The molecule has 1 aliphatic heterocycles. The minimum absolute atomic E-state index is 0.373. The van der Waals surface area contributed by atoms with Crippen LogP contribution in [-0.4, -0.2) is 45.6 Å². The molecule has 0 radical (unpaired) electrons. The molecule has 0 bridgehead atoms. The average molecular weight is 383 g/mol. The largest absolute Gasteiger partial charge is 0.380 e. The Kier molecular flexibility index (Phi) is 6.00. The molecule has 1 saturated heterocycles. The second-order valence-corrected chi connectivity index (χ2v) is 8.86. The van der Waals surface area contributed by atoms with Gasteiger partial charge in [0.15, 0.2) is 0 Å². The maximum Gasteiger partial charge on any atom is 0.245 e. The van der Waals surface area contributed by atoms with E-state index in [0.29, 0.717) is 41.5 Å². The van der Waals surface area contributed by atoms with Gasteiger partial charge in [-0.15, -0.1) is 11.3 Å². The monoisotopic (exact) mass is 382 g/mol. The summed E-state index contributed by atoms with van der Waals surface area (Å²) in [5.74, 6) is 0. The van der Waals surface area contributed by atoms with Crippen molar-refractivity contribution in [1.29, 1.82) is 0 Å². The SMILES string of the molecule is CCNCc1cc(S(=O)(=O)N2CCCOCC2)c(Br)s1. The summed E-state index contributed by atoms with van der Waals surface area (Å²) in [6.45, 7) is 5.62. The van der Waals surface area contributed by atoms with E-state index in [1.54, 1.807) is 6.07 Å². The lowest BCUT2D eigenvalue weighted by Crippen LogP contribution is -2.33. The molecule has 2 rings (SSSR count). The molecule has 2 heterocycles. The molecule has 1 aromatic heterocycles. The van der Waals surface area contributed by atoms with Gasteiger partial charge in [-0.25, -0.2) is 8.42 Å². The Bertz CT molecular complexity index is 537. The van der Waals surface area contributed by atoms with E-state index in [1.807, 2.05) is 6.92 Å². The van der Waals surface area contributed by atoms with E-state index in [9.17, 15) is 8.42 Å². The molecule has 1 N–H and O–H groups in total. The summed E-state index contributed by atoms with van der Waals surface area (Å²) in [6, 6.07) is 1.76. The highest BCUT2D eigenvalue weighted by Crippen LogP contribution is 2.33. The third-order valence-corrected chi connectivity index (χ3v) is 7.21. The van der Waals surface area contributed by atoms with E-state index < -0.39 is 10.0 Å². The highest BCUT2D eigenvalue weighted by Gasteiger charge is 2.28. The van der Waals surface area contributed by atoms with Gasteiger partial charge in [0.2, 0.25) is 10.0 Å². The minimum Gasteiger partial charge on any atom is -0.380 e. The van der Waals surface area contributed by atoms with Gasteiger partial charge in [0.1, 0.15) is 4.90 Å². The van der Waals surface area contributed by atoms with E-state index in [4.69, 9.17) is 4.74 Å². The van der Waals surface area contributed by atoms with Crippen LogP contribution in [0.3, 0.4) is 0 Å². The first-order chi connectivity index (χ1) is 9.55. The standard InChI is InChI=1S/C12H19BrN2O3S2/c1-2-14-9-10-8-11(12(13)19-10)20(16,17)15-4-3-6-18-7-5-15/h8,14H,2-7,9H2,1H3. The number of ether oxygens (including phenoxy) is 1. The summed E-state index contributed by atoms with van der Waals surface area (Å²) in [5.41, 5.74) is 0. The van der Waals surface area contributed by atoms with Crippen LogP contribution in [0.5, 0.6) is 0 Å². The van der Waals surface area contributed by atoms with Crippen molar-refractivity contribution >= 4 is 37.3 Å². The number of halogens is 1. The predicted octanol–water partition coefficient (Wildman–Crippen LogP) is 2.03. The number of rotatable bonds is 5. The Hall–Kier alpha value is 0.01000.